The fraction of sp³-hybridized carbons (Fsp3) is 0.857. The van der Waals surface area contributed by atoms with Crippen LogP contribution in [0, 0.1) is 10.8 Å². The van der Waals surface area contributed by atoms with Crippen LogP contribution in [0.15, 0.2) is 11.1 Å². The topological polar surface area (TPSA) is 34.1 Å². The molecule has 1 rings (SSSR count). The van der Waals surface area contributed by atoms with Gasteiger partial charge < -0.3 is 0 Å². The highest BCUT2D eigenvalue weighted by Crippen LogP contribution is 2.41. The van der Waals surface area contributed by atoms with E-state index in [1.54, 1.807) is 0 Å². The fourth-order valence-corrected chi connectivity index (χ4v) is 3.81. The highest BCUT2D eigenvalue weighted by atomic mass is 32.2. The normalized spacial score (nSPS) is 22.5. The third kappa shape index (κ3) is 3.84. The number of rotatable bonds is 0. The highest BCUT2D eigenvalue weighted by Gasteiger charge is 2.31. The number of sulfone groups is 1. The van der Waals surface area contributed by atoms with Crippen molar-refractivity contribution in [3.05, 3.63) is 11.1 Å². The van der Waals surface area contributed by atoms with Crippen molar-refractivity contribution in [2.24, 2.45) is 10.8 Å². The molecule has 1 heterocycles. The van der Waals surface area contributed by atoms with E-state index >= 15 is 0 Å². The first-order chi connectivity index (χ1) is 7.43. The molecule has 0 aromatic heterocycles. The van der Waals surface area contributed by atoms with E-state index in [9.17, 15) is 8.42 Å². The fourth-order valence-electron chi connectivity index (χ4n) is 2.57. The van der Waals surface area contributed by atoms with E-state index in [4.69, 9.17) is 0 Å². The van der Waals surface area contributed by atoms with E-state index in [2.05, 4.69) is 41.5 Å². The Labute approximate surface area is 106 Å². The zero-order valence-electron chi connectivity index (χ0n) is 12.1. The molecule has 17 heavy (non-hydrogen) atoms. The van der Waals surface area contributed by atoms with Gasteiger partial charge in [-0.15, -0.1) is 0 Å². The Morgan fingerprint density at radius 2 is 1.06 bits per heavy atom. The van der Waals surface area contributed by atoms with Crippen LogP contribution in [-0.2, 0) is 9.84 Å². The molecule has 0 unspecified atom stereocenters. The Kier molecular flexibility index (Phi) is 3.83. The van der Waals surface area contributed by atoms with Crippen molar-refractivity contribution >= 4 is 9.84 Å². The van der Waals surface area contributed by atoms with Crippen molar-refractivity contribution in [3.63, 3.8) is 0 Å². The molecule has 1 aliphatic rings. The van der Waals surface area contributed by atoms with Crippen molar-refractivity contribution in [1.29, 1.82) is 0 Å². The van der Waals surface area contributed by atoms with Gasteiger partial charge in [0.15, 0.2) is 9.84 Å². The van der Waals surface area contributed by atoms with Gasteiger partial charge in [-0.25, -0.2) is 8.42 Å². The van der Waals surface area contributed by atoms with Crippen LogP contribution in [-0.4, -0.2) is 19.9 Å². The molecule has 0 saturated heterocycles. The van der Waals surface area contributed by atoms with Crippen LogP contribution in [0.25, 0.3) is 0 Å². The lowest BCUT2D eigenvalue weighted by atomic mass is 9.73. The molecule has 0 aromatic rings. The molecule has 0 N–H and O–H groups in total. The van der Waals surface area contributed by atoms with Gasteiger partial charge in [-0.05, 0) is 23.7 Å². The summed E-state index contributed by atoms with van der Waals surface area (Å²) in [5.74, 6) is 0.637. The van der Waals surface area contributed by atoms with Crippen LogP contribution in [0.3, 0.4) is 0 Å². The van der Waals surface area contributed by atoms with Gasteiger partial charge in [0.1, 0.15) is 0 Å². The van der Waals surface area contributed by atoms with E-state index in [-0.39, 0.29) is 10.8 Å². The maximum atomic E-state index is 11.8. The first kappa shape index (κ1) is 14.7. The molecular weight excluding hydrogens is 232 g/mol. The maximum Gasteiger partial charge on any atom is 0.150 e. The van der Waals surface area contributed by atoms with Crippen LogP contribution in [0.4, 0.5) is 0 Å². The average molecular weight is 258 g/mol. The molecular formula is C14H26O2S. The van der Waals surface area contributed by atoms with Gasteiger partial charge >= 0.3 is 0 Å². The second kappa shape index (κ2) is 4.42. The summed E-state index contributed by atoms with van der Waals surface area (Å²) in [5.41, 5.74) is 2.85. The smallest absolute Gasteiger partial charge is 0.150 e. The third-order valence-corrected chi connectivity index (χ3v) is 5.15. The van der Waals surface area contributed by atoms with Crippen LogP contribution < -0.4 is 0 Å². The predicted molar refractivity (Wildman–Crippen MR) is 73.8 cm³/mol. The molecule has 0 bridgehead atoms. The molecule has 0 spiro atoms. The molecule has 0 radical (unpaired) electrons. The van der Waals surface area contributed by atoms with Gasteiger partial charge in [0, 0.05) is 0 Å². The molecule has 0 atom stereocenters. The third-order valence-electron chi connectivity index (χ3n) is 3.50. The number of allylic oxidation sites excluding steroid dienone is 2. The first-order valence-corrected chi connectivity index (χ1v) is 8.19. The van der Waals surface area contributed by atoms with Crippen molar-refractivity contribution in [2.45, 2.75) is 54.4 Å². The molecule has 100 valence electrons. The number of hydrogen-bond acceptors (Lipinski definition) is 2. The molecule has 1 aliphatic heterocycles. The standard InChI is InChI=1S/C14H26O2S/c1-13(2,3)11-7-9-17(15,16)10-8-12(11)14(4,5)6/h7-10H2,1-6H3. The largest absolute Gasteiger partial charge is 0.229 e. The summed E-state index contributed by atoms with van der Waals surface area (Å²) in [6.45, 7) is 13.1. The minimum atomic E-state index is -2.85. The summed E-state index contributed by atoms with van der Waals surface area (Å²) >= 11 is 0. The van der Waals surface area contributed by atoms with Gasteiger partial charge in [0.2, 0.25) is 0 Å². The SMILES string of the molecule is CC(C)(C)C1=C(C(C)(C)C)CCS(=O)(=O)CC1. The lowest BCUT2D eigenvalue weighted by Crippen LogP contribution is -2.19. The minimum absolute atomic E-state index is 0.0719. The van der Waals surface area contributed by atoms with E-state index in [1.807, 2.05) is 0 Å². The Balaban J connectivity index is 3.25. The summed E-state index contributed by atoms with van der Waals surface area (Å²) in [5, 5.41) is 0. The van der Waals surface area contributed by atoms with Crippen molar-refractivity contribution in [1.82, 2.24) is 0 Å². The summed E-state index contributed by atoms with van der Waals surface area (Å²) in [6.07, 6.45) is 1.41. The number of hydrogen-bond donors (Lipinski definition) is 0. The quantitative estimate of drug-likeness (QED) is 0.622. The van der Waals surface area contributed by atoms with E-state index in [0.717, 1.165) is 0 Å². The molecule has 0 fully saturated rings. The second-order valence-electron chi connectivity index (χ2n) is 7.11. The van der Waals surface area contributed by atoms with Crippen LogP contribution in [0.2, 0.25) is 0 Å². The second-order valence-corrected chi connectivity index (χ2v) is 9.41. The van der Waals surface area contributed by atoms with E-state index in [0.29, 0.717) is 24.3 Å². The van der Waals surface area contributed by atoms with Gasteiger partial charge in [-0.2, -0.15) is 0 Å². The zero-order valence-corrected chi connectivity index (χ0v) is 12.9. The van der Waals surface area contributed by atoms with Crippen LogP contribution >= 0.6 is 0 Å². The monoisotopic (exact) mass is 258 g/mol. The van der Waals surface area contributed by atoms with Crippen molar-refractivity contribution < 1.29 is 8.42 Å². The average Bonchev–Trinajstić information content (AvgIpc) is 2.20. The van der Waals surface area contributed by atoms with Gasteiger partial charge in [0.25, 0.3) is 0 Å². The van der Waals surface area contributed by atoms with Crippen LogP contribution in [0.5, 0.6) is 0 Å². The minimum Gasteiger partial charge on any atom is -0.229 e. The Bertz CT molecular complexity index is 380. The highest BCUT2D eigenvalue weighted by molar-refractivity contribution is 7.91. The summed E-state index contributed by atoms with van der Waals surface area (Å²) in [6, 6.07) is 0. The lowest BCUT2D eigenvalue weighted by molar-refractivity contribution is 0.427. The molecule has 2 nitrogen and oxygen atoms in total. The summed E-state index contributed by atoms with van der Waals surface area (Å²) in [4.78, 5) is 0. The Morgan fingerprint density at radius 1 is 0.765 bits per heavy atom. The van der Waals surface area contributed by atoms with Gasteiger partial charge in [-0.3, -0.25) is 0 Å². The zero-order chi connectivity index (χ0) is 13.5. The van der Waals surface area contributed by atoms with Crippen LogP contribution in [0.1, 0.15) is 54.4 Å². The van der Waals surface area contributed by atoms with Crippen molar-refractivity contribution in [3.8, 4) is 0 Å². The summed E-state index contributed by atoms with van der Waals surface area (Å²) < 4.78 is 23.6. The maximum absolute atomic E-state index is 11.8. The Hall–Kier alpha value is -0.310. The van der Waals surface area contributed by atoms with Gasteiger partial charge in [0.05, 0.1) is 11.5 Å². The molecule has 0 saturated carbocycles. The molecule has 0 amide bonds. The summed E-state index contributed by atoms with van der Waals surface area (Å²) in [7, 11) is -2.85. The first-order valence-electron chi connectivity index (χ1n) is 6.37. The molecule has 3 heteroatoms. The van der Waals surface area contributed by atoms with E-state index in [1.165, 1.54) is 11.1 Å². The van der Waals surface area contributed by atoms with Crippen molar-refractivity contribution in [2.75, 3.05) is 11.5 Å². The molecule has 0 aliphatic carbocycles. The Morgan fingerprint density at radius 3 is 1.29 bits per heavy atom. The predicted octanol–water partition coefficient (Wildman–Crippen LogP) is 3.58. The molecule has 0 aromatic carbocycles. The van der Waals surface area contributed by atoms with Gasteiger partial charge in [-0.1, -0.05) is 52.7 Å². The van der Waals surface area contributed by atoms with E-state index < -0.39 is 9.84 Å². The lowest BCUT2D eigenvalue weighted by Gasteiger charge is -2.32.